The third-order valence-electron chi connectivity index (χ3n) is 17.1. The number of methoxy groups -OCH3 is 1. The molecule has 0 radical (unpaired) electrons. The normalized spacial score (nSPS) is 14.5. The maximum absolute atomic E-state index is 13.2. The molecule has 0 spiro atoms. The van der Waals surface area contributed by atoms with E-state index in [9.17, 15) is 40.7 Å². The number of carbonyl (C=O) groups is 3. The number of nitrogens with zero attached hydrogens (tertiary/aromatic N) is 18. The lowest BCUT2D eigenvalue weighted by atomic mass is 10.1. The Balaban J connectivity index is 0.000000136. The van der Waals surface area contributed by atoms with Gasteiger partial charge in [-0.05, 0) is 78.9 Å². The van der Waals surface area contributed by atoms with E-state index in [-0.39, 0.29) is 47.4 Å². The number of hydrogen-bond acceptors (Lipinski definition) is 17. The minimum absolute atomic E-state index is 0.00125. The molecule has 522 valence electrons. The van der Waals surface area contributed by atoms with Gasteiger partial charge in [-0.1, -0.05) is 34.8 Å². The fourth-order valence-corrected chi connectivity index (χ4v) is 12.6. The standard InChI is InChI=1S/C22H19ClF3N7O2.C22H19ClF3N7O.C22H22ClN7O2/c23-16-4-3-14(12-17(16)35-22(24,25)26)31-8-10-32(11-9-31)18(34)13-33-21-15(2-1-5-29-21)19(30-33)20-27-6-7-28-20;23-17-4-3-14(12-16(17)22(24,25)26)31-8-10-32(11-9-31)18(34)13-33-21-15(2-1-5-29-21)19(30-33)20-27-6-7-28-20;1-32-18-13-15(4-5-17(18)23)28-9-11-29(12-10-28)19(31)14-30-22-16(3-2-6-26-22)20(27-30)21-24-7-8-25-21/h1-7,12H,8-11,13H2,(H,27,28);1-7,12H,8-11,13H2,(H,27,28);2-8,13H,9-12,14H2,1H3,(H,24,25). The van der Waals surface area contributed by atoms with Gasteiger partial charge in [-0.25, -0.2) is 43.9 Å². The Bertz CT molecular complexity index is 4890. The number of aromatic amines is 3. The first-order chi connectivity index (χ1) is 48.7. The maximum atomic E-state index is 13.2. The SMILES string of the molecule is COc1cc(N2CCN(C(=O)Cn3nc(-c4ncc[nH]4)c4cccnc43)CC2)ccc1Cl.O=C(Cn1nc(-c2ncc[nH]2)c2cccnc21)N1CCN(c2ccc(Cl)c(C(F)(F)F)c2)CC1.O=C(Cn1nc(-c2ncc[nH]2)c2cccnc21)N1CCN(c2ccc(Cl)c(OC(F)(F)F)c2)CC1. The number of anilines is 3. The van der Waals surface area contributed by atoms with Crippen molar-refractivity contribution >= 4 is 103 Å². The van der Waals surface area contributed by atoms with Crippen LogP contribution in [0.1, 0.15) is 5.56 Å². The lowest BCUT2D eigenvalue weighted by Gasteiger charge is -2.36. The number of amides is 3. The highest BCUT2D eigenvalue weighted by Gasteiger charge is 2.36. The summed E-state index contributed by atoms with van der Waals surface area (Å²) in [6.45, 7) is 6.06. The van der Waals surface area contributed by atoms with Crippen molar-refractivity contribution in [1.82, 2.24) is 88.9 Å². The second-order valence-electron chi connectivity index (χ2n) is 23.2. The first kappa shape index (κ1) is 68.5. The minimum Gasteiger partial charge on any atom is -0.495 e. The molecule has 3 fully saturated rings. The van der Waals surface area contributed by atoms with E-state index in [2.05, 4.69) is 69.8 Å². The van der Waals surface area contributed by atoms with Gasteiger partial charge in [0.1, 0.15) is 48.2 Å². The molecule has 9 aromatic heterocycles. The molecule has 3 saturated heterocycles. The summed E-state index contributed by atoms with van der Waals surface area (Å²) in [4.78, 5) is 85.4. The zero-order valence-electron chi connectivity index (χ0n) is 53.5. The Labute approximate surface area is 585 Å². The number of benzene rings is 3. The summed E-state index contributed by atoms with van der Waals surface area (Å²) >= 11 is 17.7. The molecule has 3 aliphatic heterocycles. The van der Waals surface area contributed by atoms with Crippen molar-refractivity contribution < 1.29 is 50.2 Å². The number of rotatable bonds is 14. The molecule has 0 aliphatic carbocycles. The Morgan fingerprint density at radius 3 is 1.10 bits per heavy atom. The van der Waals surface area contributed by atoms with Gasteiger partial charge >= 0.3 is 12.5 Å². The third-order valence-corrected chi connectivity index (χ3v) is 18.0. The average Bonchev–Trinajstić information content (AvgIpc) is 1.67. The molecule has 12 heterocycles. The van der Waals surface area contributed by atoms with E-state index >= 15 is 0 Å². The predicted molar refractivity (Wildman–Crippen MR) is 364 cm³/mol. The van der Waals surface area contributed by atoms with Crippen molar-refractivity contribution in [3.63, 3.8) is 0 Å². The van der Waals surface area contributed by atoms with Crippen molar-refractivity contribution in [2.24, 2.45) is 0 Å². The van der Waals surface area contributed by atoms with Gasteiger partial charge in [0.15, 0.2) is 34.4 Å². The van der Waals surface area contributed by atoms with Gasteiger partial charge in [-0.15, -0.1) is 13.2 Å². The summed E-state index contributed by atoms with van der Waals surface area (Å²) in [5, 5.41) is 16.3. The van der Waals surface area contributed by atoms with Gasteiger partial charge in [0, 0.05) is 164 Å². The van der Waals surface area contributed by atoms with Crippen LogP contribution in [0.5, 0.6) is 11.5 Å². The maximum Gasteiger partial charge on any atom is 0.573 e. The number of hydrogen-bond donors (Lipinski definition) is 3. The van der Waals surface area contributed by atoms with E-state index < -0.39 is 23.9 Å². The second kappa shape index (κ2) is 29.4. The number of fused-ring (bicyclic) bond motifs is 3. The molecule has 12 aromatic rings. The van der Waals surface area contributed by atoms with Crippen LogP contribution in [0.3, 0.4) is 0 Å². The van der Waals surface area contributed by atoms with Gasteiger partial charge in [-0.2, -0.15) is 28.5 Å². The highest BCUT2D eigenvalue weighted by molar-refractivity contribution is 6.32. The van der Waals surface area contributed by atoms with E-state index in [4.69, 9.17) is 39.5 Å². The van der Waals surface area contributed by atoms with Crippen LogP contribution in [0.4, 0.5) is 43.4 Å². The monoisotopic (exact) mass is 1450 g/mol. The lowest BCUT2D eigenvalue weighted by molar-refractivity contribution is -0.274. The van der Waals surface area contributed by atoms with Gasteiger partial charge in [0.05, 0.1) is 43.9 Å². The Morgan fingerprint density at radius 1 is 0.436 bits per heavy atom. The Kier molecular flexibility index (Phi) is 20.0. The van der Waals surface area contributed by atoms with E-state index in [1.54, 1.807) is 111 Å². The molecule has 0 unspecified atom stereocenters. The molecule has 101 heavy (non-hydrogen) atoms. The van der Waals surface area contributed by atoms with Gasteiger partial charge in [0.2, 0.25) is 17.7 Å². The Hall–Kier alpha value is -11.0. The first-order valence-electron chi connectivity index (χ1n) is 31.5. The number of carbonyl (C=O) groups excluding carboxylic acids is 3. The van der Waals surface area contributed by atoms with Crippen molar-refractivity contribution in [3.8, 4) is 46.1 Å². The van der Waals surface area contributed by atoms with Crippen molar-refractivity contribution in [3.05, 3.63) is 167 Å². The summed E-state index contributed by atoms with van der Waals surface area (Å²) in [6.07, 6.45) is 5.68. The van der Waals surface area contributed by atoms with E-state index in [1.807, 2.05) is 57.2 Å². The quantitative estimate of drug-likeness (QED) is 0.0854. The fourth-order valence-electron chi connectivity index (χ4n) is 12.1. The van der Waals surface area contributed by atoms with Crippen LogP contribution < -0.4 is 24.2 Å². The molecular weight excluding hydrogens is 1390 g/mol. The fraction of sp³-hybridized carbons (Fsp3) is 0.273. The van der Waals surface area contributed by atoms with Crippen LogP contribution in [0.2, 0.25) is 15.1 Å². The van der Waals surface area contributed by atoms with Crippen molar-refractivity contribution in [1.29, 1.82) is 0 Å². The largest absolute Gasteiger partial charge is 0.573 e. The number of piperazine rings is 3. The predicted octanol–water partition coefficient (Wildman–Crippen LogP) is 10.4. The second-order valence-corrected chi connectivity index (χ2v) is 24.4. The van der Waals surface area contributed by atoms with Crippen molar-refractivity contribution in [2.75, 3.05) is 100 Å². The molecule has 3 N–H and O–H groups in total. The zero-order valence-corrected chi connectivity index (χ0v) is 55.7. The minimum atomic E-state index is -4.84. The number of H-pyrrole nitrogens is 3. The molecular formula is C66H60Cl3F6N21O5. The topological polar surface area (TPSA) is 267 Å². The molecule has 15 rings (SSSR count). The van der Waals surface area contributed by atoms with E-state index in [0.717, 1.165) is 41.0 Å². The zero-order chi connectivity index (χ0) is 70.5. The summed E-state index contributed by atoms with van der Waals surface area (Å²) in [6, 6.07) is 25.0. The molecule has 3 amide bonds. The lowest BCUT2D eigenvalue weighted by Crippen LogP contribution is -2.49. The summed E-state index contributed by atoms with van der Waals surface area (Å²) in [5.41, 5.74) is 4.83. The number of pyridine rings is 3. The number of ether oxygens (including phenoxy) is 2. The highest BCUT2D eigenvalue weighted by Crippen LogP contribution is 2.39. The number of nitrogens with one attached hydrogen (secondary N) is 3. The van der Waals surface area contributed by atoms with E-state index in [0.29, 0.717) is 139 Å². The van der Waals surface area contributed by atoms with Crippen LogP contribution in [-0.2, 0) is 40.2 Å². The van der Waals surface area contributed by atoms with E-state index in [1.165, 1.54) is 18.2 Å². The number of alkyl halides is 6. The molecule has 0 atom stereocenters. The number of aromatic nitrogens is 15. The first-order valence-corrected chi connectivity index (χ1v) is 32.6. The molecule has 3 aromatic carbocycles. The number of imidazole rings is 3. The molecule has 0 saturated carbocycles. The van der Waals surface area contributed by atoms with Gasteiger partial charge in [0.25, 0.3) is 0 Å². The van der Waals surface area contributed by atoms with Gasteiger partial charge < -0.3 is 53.8 Å². The highest BCUT2D eigenvalue weighted by atomic mass is 35.5. The number of halogens is 9. The van der Waals surface area contributed by atoms with Crippen molar-refractivity contribution in [2.45, 2.75) is 32.2 Å². The van der Waals surface area contributed by atoms with Crippen LogP contribution in [-0.4, -0.2) is 199 Å². The third kappa shape index (κ3) is 15.4. The van der Waals surface area contributed by atoms with Gasteiger partial charge in [-0.3, -0.25) is 14.4 Å². The summed E-state index contributed by atoms with van der Waals surface area (Å²) < 4.78 is 91.6. The molecule has 0 bridgehead atoms. The van der Waals surface area contributed by atoms with Crippen LogP contribution in [0.15, 0.2) is 147 Å². The van der Waals surface area contributed by atoms with Crippen LogP contribution in [0, 0.1) is 0 Å². The van der Waals surface area contributed by atoms with Crippen LogP contribution >= 0.6 is 34.8 Å². The molecule has 35 heteroatoms. The summed E-state index contributed by atoms with van der Waals surface area (Å²) in [5.74, 6) is 1.74. The Morgan fingerprint density at radius 2 is 0.772 bits per heavy atom. The average molecular weight is 1450 g/mol. The molecule has 26 nitrogen and oxygen atoms in total. The van der Waals surface area contributed by atoms with Crippen LogP contribution in [0.25, 0.3) is 67.7 Å². The smallest absolute Gasteiger partial charge is 0.495 e. The summed E-state index contributed by atoms with van der Waals surface area (Å²) in [7, 11) is 1.60. The molecule has 3 aliphatic rings.